The Morgan fingerprint density at radius 2 is 1.78 bits per heavy atom. The van der Waals surface area contributed by atoms with Gasteiger partial charge in [-0.1, -0.05) is 48.0 Å². The monoisotopic (exact) mass is 388 g/mol. The van der Waals surface area contributed by atoms with Crippen LogP contribution in [0.5, 0.6) is 0 Å². The van der Waals surface area contributed by atoms with E-state index >= 15 is 0 Å². The van der Waals surface area contributed by atoms with E-state index < -0.39 is 17.9 Å². The van der Waals surface area contributed by atoms with E-state index in [4.69, 9.17) is 11.6 Å². The summed E-state index contributed by atoms with van der Waals surface area (Å²) in [6, 6.07) is 13.5. The van der Waals surface area contributed by atoms with Crippen molar-refractivity contribution in [3.05, 3.63) is 59.1 Å². The Balaban J connectivity index is 2.35. The molecule has 0 radical (unpaired) electrons. The molecule has 0 aromatic heterocycles. The summed E-state index contributed by atoms with van der Waals surface area (Å²) < 4.78 is 0. The lowest BCUT2D eigenvalue weighted by atomic mass is 10.0. The first kappa shape index (κ1) is 20.5. The highest BCUT2D eigenvalue weighted by Crippen LogP contribution is 2.26. The van der Waals surface area contributed by atoms with Gasteiger partial charge in [0.2, 0.25) is 5.91 Å². The lowest BCUT2D eigenvalue weighted by Gasteiger charge is -2.27. The molecule has 2 rings (SSSR count). The Kier molecular flexibility index (Phi) is 6.96. The zero-order chi connectivity index (χ0) is 20.0. The van der Waals surface area contributed by atoms with Crippen LogP contribution in [0.25, 0.3) is 11.1 Å². The van der Waals surface area contributed by atoms with Crippen LogP contribution in [0.3, 0.4) is 0 Å². The van der Waals surface area contributed by atoms with Crippen LogP contribution in [0.1, 0.15) is 24.2 Å². The molecule has 0 saturated carbocycles. The van der Waals surface area contributed by atoms with E-state index in [1.807, 2.05) is 30.3 Å². The minimum atomic E-state index is -1.14. The summed E-state index contributed by atoms with van der Waals surface area (Å²) in [5.74, 6) is -1.89. The molecule has 0 aliphatic rings. The molecule has 2 aromatic carbocycles. The Morgan fingerprint density at radius 3 is 2.37 bits per heavy atom. The molecule has 1 atom stereocenters. The molecule has 0 spiro atoms. The number of halogens is 1. The maximum absolute atomic E-state index is 13.0. The molecule has 7 heteroatoms. The first-order valence-corrected chi connectivity index (χ1v) is 8.82. The van der Waals surface area contributed by atoms with Crippen molar-refractivity contribution in [3.63, 3.8) is 0 Å². The van der Waals surface area contributed by atoms with Crippen LogP contribution in [0, 0.1) is 0 Å². The first-order valence-electron chi connectivity index (χ1n) is 8.44. The quantitative estimate of drug-likeness (QED) is 0.763. The van der Waals surface area contributed by atoms with E-state index in [9.17, 15) is 19.5 Å². The topological polar surface area (TPSA) is 86.7 Å². The number of carbonyl (C=O) groups is 3. The Morgan fingerprint density at radius 1 is 1.11 bits per heavy atom. The van der Waals surface area contributed by atoms with Crippen LogP contribution in [0.15, 0.2) is 48.5 Å². The number of amides is 2. The highest BCUT2D eigenvalue weighted by atomic mass is 35.5. The average molecular weight is 389 g/mol. The normalized spacial score (nSPS) is 11.5. The van der Waals surface area contributed by atoms with Gasteiger partial charge in [-0.15, -0.1) is 0 Å². The summed E-state index contributed by atoms with van der Waals surface area (Å²) in [7, 11) is 0. The molecule has 0 aliphatic carbocycles. The molecule has 0 heterocycles. The van der Waals surface area contributed by atoms with Crippen molar-refractivity contribution in [1.29, 1.82) is 0 Å². The molecule has 6 nitrogen and oxygen atoms in total. The number of aliphatic carboxylic acids is 1. The second kappa shape index (κ2) is 9.19. The zero-order valence-electron chi connectivity index (χ0n) is 15.1. The van der Waals surface area contributed by atoms with Gasteiger partial charge in [0.25, 0.3) is 5.91 Å². The highest BCUT2D eigenvalue weighted by molar-refractivity contribution is 6.34. The lowest BCUT2D eigenvalue weighted by molar-refractivity contribution is -0.141. The number of nitrogens with one attached hydrogen (secondary N) is 1. The van der Waals surface area contributed by atoms with Gasteiger partial charge in [0.05, 0.1) is 10.6 Å². The van der Waals surface area contributed by atoms with Gasteiger partial charge in [0, 0.05) is 20.0 Å². The average Bonchev–Trinajstić information content (AvgIpc) is 2.65. The molecule has 2 N–H and O–H groups in total. The second-order valence-corrected chi connectivity index (χ2v) is 6.46. The first-order chi connectivity index (χ1) is 12.8. The Labute approximate surface area is 162 Å². The fraction of sp³-hybridized carbons (Fsp3) is 0.250. The Bertz CT molecular complexity index is 839. The van der Waals surface area contributed by atoms with Crippen LogP contribution in [-0.4, -0.2) is 46.9 Å². The van der Waals surface area contributed by atoms with Crippen molar-refractivity contribution in [2.45, 2.75) is 19.9 Å². The fourth-order valence-corrected chi connectivity index (χ4v) is 2.81. The van der Waals surface area contributed by atoms with E-state index in [2.05, 4.69) is 5.32 Å². The summed E-state index contributed by atoms with van der Waals surface area (Å²) in [4.78, 5) is 36.7. The molecular weight excluding hydrogens is 368 g/mol. The van der Waals surface area contributed by atoms with E-state index in [1.54, 1.807) is 18.2 Å². The number of carbonyl (C=O) groups excluding carboxylic acids is 2. The standard InChI is InChI=1S/C20H21ClN2O4/c1-13(20(26)27)23(11-10-22-14(2)24)19(25)17-12-16(8-9-18(17)21)15-6-4-3-5-7-15/h3-9,12-13H,10-11H2,1-2H3,(H,22,24)(H,26,27). The molecule has 2 aromatic rings. The molecule has 2 amide bonds. The third-order valence-electron chi connectivity index (χ3n) is 4.12. The smallest absolute Gasteiger partial charge is 0.326 e. The molecule has 142 valence electrons. The van der Waals surface area contributed by atoms with Crippen LogP contribution in [-0.2, 0) is 9.59 Å². The third-order valence-corrected chi connectivity index (χ3v) is 4.45. The van der Waals surface area contributed by atoms with Crippen molar-refractivity contribution in [2.24, 2.45) is 0 Å². The maximum atomic E-state index is 13.0. The summed E-state index contributed by atoms with van der Waals surface area (Å²) in [6.07, 6.45) is 0. The van der Waals surface area contributed by atoms with E-state index in [0.717, 1.165) is 11.1 Å². The second-order valence-electron chi connectivity index (χ2n) is 6.06. The third kappa shape index (κ3) is 5.31. The minimum Gasteiger partial charge on any atom is -0.480 e. The number of nitrogens with zero attached hydrogens (tertiary/aromatic N) is 1. The minimum absolute atomic E-state index is 0.0533. The van der Waals surface area contributed by atoms with Crippen LogP contribution in [0.4, 0.5) is 0 Å². The van der Waals surface area contributed by atoms with E-state index in [-0.39, 0.29) is 29.6 Å². The molecule has 27 heavy (non-hydrogen) atoms. The van der Waals surface area contributed by atoms with Gasteiger partial charge in [-0.3, -0.25) is 9.59 Å². The number of hydrogen-bond donors (Lipinski definition) is 2. The molecule has 0 fully saturated rings. The van der Waals surface area contributed by atoms with Crippen molar-refractivity contribution in [1.82, 2.24) is 10.2 Å². The van der Waals surface area contributed by atoms with Gasteiger partial charge >= 0.3 is 5.97 Å². The molecule has 0 saturated heterocycles. The molecule has 1 unspecified atom stereocenters. The Hall–Kier alpha value is -2.86. The number of carboxylic acid groups (broad SMARTS) is 1. The van der Waals surface area contributed by atoms with Crippen molar-refractivity contribution in [3.8, 4) is 11.1 Å². The van der Waals surface area contributed by atoms with Gasteiger partial charge in [-0.05, 0) is 30.2 Å². The number of rotatable bonds is 7. The zero-order valence-corrected chi connectivity index (χ0v) is 15.9. The summed E-state index contributed by atoms with van der Waals surface area (Å²) in [6.45, 7) is 2.97. The van der Waals surface area contributed by atoms with Crippen LogP contribution < -0.4 is 5.32 Å². The SMILES string of the molecule is CC(=O)NCCN(C(=O)c1cc(-c2ccccc2)ccc1Cl)C(C)C(=O)O. The van der Waals surface area contributed by atoms with Gasteiger partial charge in [0.15, 0.2) is 0 Å². The summed E-state index contributed by atoms with van der Waals surface area (Å²) >= 11 is 6.23. The fourth-order valence-electron chi connectivity index (χ4n) is 2.61. The summed E-state index contributed by atoms with van der Waals surface area (Å²) in [5.41, 5.74) is 1.93. The molecule has 0 aliphatic heterocycles. The number of benzene rings is 2. The predicted molar refractivity (Wildman–Crippen MR) is 104 cm³/mol. The molecular formula is C20H21ClN2O4. The largest absolute Gasteiger partial charge is 0.480 e. The van der Waals surface area contributed by atoms with E-state index in [1.165, 1.54) is 18.7 Å². The highest BCUT2D eigenvalue weighted by Gasteiger charge is 2.27. The van der Waals surface area contributed by atoms with Gasteiger partial charge in [0.1, 0.15) is 6.04 Å². The predicted octanol–water partition coefficient (Wildman–Crippen LogP) is 3.06. The van der Waals surface area contributed by atoms with Crippen molar-refractivity contribution in [2.75, 3.05) is 13.1 Å². The maximum Gasteiger partial charge on any atom is 0.326 e. The van der Waals surface area contributed by atoms with Crippen LogP contribution >= 0.6 is 11.6 Å². The van der Waals surface area contributed by atoms with Crippen molar-refractivity contribution < 1.29 is 19.5 Å². The lowest BCUT2D eigenvalue weighted by Crippen LogP contribution is -2.46. The number of carboxylic acids is 1. The van der Waals surface area contributed by atoms with Gasteiger partial charge in [-0.2, -0.15) is 0 Å². The van der Waals surface area contributed by atoms with Gasteiger partial charge < -0.3 is 15.3 Å². The van der Waals surface area contributed by atoms with Crippen LogP contribution in [0.2, 0.25) is 5.02 Å². The molecule has 0 bridgehead atoms. The van der Waals surface area contributed by atoms with Gasteiger partial charge in [-0.25, -0.2) is 4.79 Å². The van der Waals surface area contributed by atoms with Crippen molar-refractivity contribution >= 4 is 29.4 Å². The number of hydrogen-bond acceptors (Lipinski definition) is 3. The summed E-state index contributed by atoms with van der Waals surface area (Å²) in [5, 5.41) is 12.2. The van der Waals surface area contributed by atoms with E-state index in [0.29, 0.717) is 0 Å².